The molecular weight excluding hydrogens is 695 g/mol. The summed E-state index contributed by atoms with van der Waals surface area (Å²) in [6, 6.07) is 0. The van der Waals surface area contributed by atoms with Gasteiger partial charge in [0.05, 0.1) is 19.3 Å². The summed E-state index contributed by atoms with van der Waals surface area (Å²) < 4.78 is 35.0. The molecule has 2 rings (SSSR count). The number of hydrogen-bond acceptors (Lipinski definition) is 10. The Kier molecular flexibility index (Phi) is 22.9. The highest BCUT2D eigenvalue weighted by Crippen LogP contribution is 2.44. The summed E-state index contributed by atoms with van der Waals surface area (Å²) in [7, 11) is -4.52. The smallest absolute Gasteiger partial charge is 0.387 e. The fourth-order valence-electron chi connectivity index (χ4n) is 5.79. The van der Waals surface area contributed by atoms with Gasteiger partial charge in [0.2, 0.25) is 0 Å². The first-order valence-corrected chi connectivity index (χ1v) is 21.3. The van der Waals surface area contributed by atoms with Crippen LogP contribution in [0.3, 0.4) is 0 Å². The van der Waals surface area contributed by atoms with Gasteiger partial charge in [0.15, 0.2) is 6.23 Å². The van der Waals surface area contributed by atoms with E-state index in [-0.39, 0.29) is 17.7 Å². The Balaban J connectivity index is 1.70. The molecule has 0 amide bonds. The Hall–Kier alpha value is -0.730. The van der Waals surface area contributed by atoms with Crippen LogP contribution in [0.25, 0.3) is 0 Å². The van der Waals surface area contributed by atoms with E-state index >= 15 is 0 Å². The summed E-state index contributed by atoms with van der Waals surface area (Å²) in [5, 5.41) is 20.8. The highest BCUT2D eigenvalue weighted by molar-refractivity contribution is 7.99. The number of rotatable bonds is 29. The highest BCUT2D eigenvalue weighted by Gasteiger charge is 2.45. The lowest BCUT2D eigenvalue weighted by atomic mass is 10.1. The van der Waals surface area contributed by atoms with E-state index in [9.17, 15) is 29.3 Å². The van der Waals surface area contributed by atoms with Crippen molar-refractivity contribution in [3.8, 4) is 0 Å². The van der Waals surface area contributed by atoms with Gasteiger partial charge in [0.25, 0.3) is 5.56 Å². The van der Waals surface area contributed by atoms with Gasteiger partial charge in [-0.1, -0.05) is 115 Å². The second-order valence-corrected chi connectivity index (χ2v) is 16.2. The molecule has 3 unspecified atom stereocenters. The van der Waals surface area contributed by atoms with Crippen LogP contribution >= 0.6 is 31.2 Å². The summed E-state index contributed by atoms with van der Waals surface area (Å²) in [6.45, 7) is 6.26. The SMILES string of the molecule is CCCCCCCCCCCCSC(CCCCCCC)C(C)OCCCOP(=O)(O)OC[C@H]1O[C@@H](n2cc(Cl)c(=O)[nH]c2=O)[C@H](O)[C@@H]1O. The van der Waals surface area contributed by atoms with Crippen LogP contribution in [-0.2, 0) is 23.1 Å². The van der Waals surface area contributed by atoms with Crippen LogP contribution in [0.5, 0.6) is 0 Å². The molecule has 4 N–H and O–H groups in total. The topological polar surface area (TPSA) is 170 Å². The molecule has 0 spiro atoms. The molecule has 0 radical (unpaired) electrons. The normalized spacial score (nSPS) is 21.9. The molecule has 2 heterocycles. The Bertz CT molecular complexity index is 1190. The minimum atomic E-state index is -4.52. The summed E-state index contributed by atoms with van der Waals surface area (Å²) in [6.07, 6.45) is 16.1. The second kappa shape index (κ2) is 25.3. The molecule has 1 saturated heterocycles. The molecular formula is C34H62ClN2O10PS. The van der Waals surface area contributed by atoms with Gasteiger partial charge in [-0.3, -0.25) is 23.4 Å². The molecule has 1 aromatic rings. The zero-order chi connectivity index (χ0) is 36.1. The number of H-pyrrole nitrogens is 1. The Morgan fingerprint density at radius 3 is 2.12 bits per heavy atom. The van der Waals surface area contributed by atoms with Gasteiger partial charge in [-0.05, 0) is 31.9 Å². The summed E-state index contributed by atoms with van der Waals surface area (Å²) >= 11 is 7.78. The van der Waals surface area contributed by atoms with E-state index in [2.05, 4.69) is 20.8 Å². The maximum Gasteiger partial charge on any atom is 0.472 e. The molecule has 15 heteroatoms. The number of halogens is 1. The quantitative estimate of drug-likeness (QED) is 0.0485. The number of aliphatic hydroxyl groups is 2. The molecule has 0 aliphatic carbocycles. The monoisotopic (exact) mass is 756 g/mol. The molecule has 1 fully saturated rings. The average Bonchev–Trinajstić information content (AvgIpc) is 3.35. The lowest BCUT2D eigenvalue weighted by molar-refractivity contribution is -0.0553. The minimum absolute atomic E-state index is 0.0432. The van der Waals surface area contributed by atoms with Gasteiger partial charge in [0.1, 0.15) is 23.3 Å². The number of nitrogens with zero attached hydrogens (tertiary/aromatic N) is 1. The van der Waals surface area contributed by atoms with Crippen LogP contribution in [0, 0.1) is 0 Å². The van der Waals surface area contributed by atoms with E-state index in [4.69, 9.17) is 30.1 Å². The lowest BCUT2D eigenvalue weighted by Crippen LogP contribution is -2.38. The van der Waals surface area contributed by atoms with Crippen molar-refractivity contribution in [2.24, 2.45) is 0 Å². The third-order valence-electron chi connectivity index (χ3n) is 8.81. The van der Waals surface area contributed by atoms with E-state index in [1.165, 1.54) is 96.3 Å². The Morgan fingerprint density at radius 1 is 0.898 bits per heavy atom. The lowest BCUT2D eigenvalue weighted by Gasteiger charge is -2.24. The largest absolute Gasteiger partial charge is 0.472 e. The summed E-state index contributed by atoms with van der Waals surface area (Å²) in [4.78, 5) is 35.8. The number of thioether (sulfide) groups is 1. The maximum atomic E-state index is 12.5. The van der Waals surface area contributed by atoms with Crippen molar-refractivity contribution in [1.82, 2.24) is 9.55 Å². The molecule has 1 aliphatic rings. The number of aromatic nitrogens is 2. The van der Waals surface area contributed by atoms with Gasteiger partial charge in [-0.25, -0.2) is 9.36 Å². The van der Waals surface area contributed by atoms with Crippen molar-refractivity contribution in [2.75, 3.05) is 25.6 Å². The molecule has 1 aliphatic heterocycles. The van der Waals surface area contributed by atoms with Crippen molar-refractivity contribution < 1.29 is 38.2 Å². The van der Waals surface area contributed by atoms with Crippen molar-refractivity contribution >= 4 is 31.2 Å². The molecule has 12 nitrogen and oxygen atoms in total. The first-order chi connectivity index (χ1) is 23.5. The van der Waals surface area contributed by atoms with E-state index in [1.54, 1.807) is 0 Å². The summed E-state index contributed by atoms with van der Waals surface area (Å²) in [5.74, 6) is 1.13. The number of phosphoric ester groups is 1. The maximum absolute atomic E-state index is 12.5. The van der Waals surface area contributed by atoms with Gasteiger partial charge in [-0.15, -0.1) is 0 Å². The fraction of sp³-hybridized carbons (Fsp3) is 0.882. The van der Waals surface area contributed by atoms with Crippen molar-refractivity contribution in [3.63, 3.8) is 0 Å². The average molecular weight is 757 g/mol. The van der Waals surface area contributed by atoms with E-state index in [0.29, 0.717) is 18.3 Å². The van der Waals surface area contributed by atoms with Crippen molar-refractivity contribution in [2.45, 2.75) is 166 Å². The van der Waals surface area contributed by atoms with Crippen LogP contribution in [0.15, 0.2) is 15.8 Å². The minimum Gasteiger partial charge on any atom is -0.387 e. The molecule has 0 saturated carbocycles. The molecule has 1 aromatic heterocycles. The third kappa shape index (κ3) is 17.6. The fourth-order valence-corrected chi connectivity index (χ4v) is 8.07. The Morgan fingerprint density at radius 2 is 1.49 bits per heavy atom. The highest BCUT2D eigenvalue weighted by atomic mass is 35.5. The van der Waals surface area contributed by atoms with Crippen molar-refractivity contribution in [3.05, 3.63) is 32.1 Å². The van der Waals surface area contributed by atoms with Crippen LogP contribution in [-0.4, -0.2) is 79.9 Å². The van der Waals surface area contributed by atoms with Gasteiger partial charge in [0, 0.05) is 18.1 Å². The summed E-state index contributed by atoms with van der Waals surface area (Å²) in [5.41, 5.74) is -1.73. The molecule has 0 aromatic carbocycles. The number of ether oxygens (including phenoxy) is 2. The predicted octanol–water partition coefficient (Wildman–Crippen LogP) is 7.12. The zero-order valence-electron chi connectivity index (χ0n) is 29.8. The number of phosphoric acid groups is 1. The number of nitrogens with one attached hydrogen (secondary N) is 1. The van der Waals surface area contributed by atoms with Crippen LogP contribution < -0.4 is 11.2 Å². The van der Waals surface area contributed by atoms with Crippen LogP contribution in [0.1, 0.15) is 136 Å². The molecule has 49 heavy (non-hydrogen) atoms. The standard InChI is InChI=1S/C34H62ClN2O10PS/c1-4-6-8-10-11-12-13-14-16-18-23-49-29(20-17-15-9-7-5-2)26(3)44-21-19-22-45-48(42,43)46-25-28-30(38)31(39)33(47-28)37-24-27(35)32(40)36-34(37)41/h24,26,28-31,33,38-39H,4-23,25H2,1-3H3,(H,42,43)(H,36,40,41)/t26?,28-,29?,30-,31-,33-/m1/s1. The van der Waals surface area contributed by atoms with E-state index in [1.807, 2.05) is 16.7 Å². The number of aromatic amines is 1. The van der Waals surface area contributed by atoms with Crippen molar-refractivity contribution in [1.29, 1.82) is 0 Å². The van der Waals surface area contributed by atoms with E-state index < -0.39 is 50.2 Å². The molecule has 7 atom stereocenters. The number of hydrogen-bond donors (Lipinski definition) is 4. The first kappa shape index (κ1) is 44.4. The zero-order valence-corrected chi connectivity index (χ0v) is 32.2. The van der Waals surface area contributed by atoms with Gasteiger partial charge < -0.3 is 24.6 Å². The second-order valence-electron chi connectivity index (χ2n) is 13.0. The third-order valence-corrected chi connectivity index (χ3v) is 11.6. The predicted molar refractivity (Wildman–Crippen MR) is 195 cm³/mol. The number of unbranched alkanes of at least 4 members (excludes halogenated alkanes) is 13. The Labute approximate surface area is 301 Å². The number of aliphatic hydroxyl groups excluding tert-OH is 2. The van der Waals surface area contributed by atoms with Gasteiger partial charge in [-0.2, -0.15) is 11.8 Å². The van der Waals surface area contributed by atoms with E-state index in [0.717, 1.165) is 22.9 Å². The van der Waals surface area contributed by atoms with Crippen LogP contribution in [0.2, 0.25) is 5.02 Å². The van der Waals surface area contributed by atoms with Crippen LogP contribution in [0.4, 0.5) is 0 Å². The molecule has 0 bridgehead atoms. The first-order valence-electron chi connectivity index (χ1n) is 18.4. The molecule has 286 valence electrons. The van der Waals surface area contributed by atoms with Gasteiger partial charge >= 0.3 is 13.5 Å².